The number of likely N-dealkylation sites (tertiary alicyclic amines) is 1. The Labute approximate surface area is 159 Å². The molecular formula is C21H25N3O3. The van der Waals surface area contributed by atoms with Crippen LogP contribution in [0.5, 0.6) is 0 Å². The van der Waals surface area contributed by atoms with Crippen LogP contribution in [0.3, 0.4) is 0 Å². The molecule has 0 atom stereocenters. The molecule has 1 aromatic carbocycles. The molecule has 1 aromatic heterocycles. The zero-order valence-electron chi connectivity index (χ0n) is 15.5. The Hall–Kier alpha value is -2.18. The molecule has 0 saturated carbocycles. The van der Waals surface area contributed by atoms with Crippen molar-refractivity contribution >= 4 is 5.91 Å². The number of ether oxygens (including phenoxy) is 2. The smallest absolute Gasteiger partial charge is 0.274 e. The molecule has 6 heteroatoms. The number of para-hydroxylation sites is 1. The van der Waals surface area contributed by atoms with E-state index in [2.05, 4.69) is 12.1 Å². The van der Waals surface area contributed by atoms with Crippen LogP contribution in [0, 0.1) is 0 Å². The van der Waals surface area contributed by atoms with Crippen molar-refractivity contribution in [2.24, 2.45) is 0 Å². The van der Waals surface area contributed by atoms with Gasteiger partial charge in [0, 0.05) is 37.2 Å². The molecule has 0 N–H and O–H groups in total. The fourth-order valence-corrected chi connectivity index (χ4v) is 4.54. The Morgan fingerprint density at radius 1 is 1.00 bits per heavy atom. The minimum absolute atomic E-state index is 0.0516. The maximum Gasteiger partial charge on any atom is 0.274 e. The van der Waals surface area contributed by atoms with Crippen LogP contribution in [0.4, 0.5) is 0 Å². The standard InChI is InChI=1S/C21H25N3O3/c25-20(23-12-10-21(11-13-23)26-14-15-27-21)19-17-8-4-5-9-18(17)24(22-19)16-6-2-1-3-7-16/h1-3,6-7H,4-5,8-15H2. The van der Waals surface area contributed by atoms with Crippen molar-refractivity contribution in [3.63, 3.8) is 0 Å². The van der Waals surface area contributed by atoms with Crippen LogP contribution >= 0.6 is 0 Å². The average molecular weight is 367 g/mol. The Morgan fingerprint density at radius 2 is 1.70 bits per heavy atom. The van der Waals surface area contributed by atoms with Gasteiger partial charge in [0.1, 0.15) is 0 Å². The molecule has 6 nitrogen and oxygen atoms in total. The third kappa shape index (κ3) is 2.97. The lowest BCUT2D eigenvalue weighted by Crippen LogP contribution is -2.47. The Bertz CT molecular complexity index is 830. The first kappa shape index (κ1) is 17.0. The monoisotopic (exact) mass is 367 g/mol. The van der Waals surface area contributed by atoms with Gasteiger partial charge in [0.2, 0.25) is 0 Å². The van der Waals surface area contributed by atoms with Gasteiger partial charge in [0.25, 0.3) is 5.91 Å². The molecule has 3 heterocycles. The van der Waals surface area contributed by atoms with Crippen molar-refractivity contribution in [1.29, 1.82) is 0 Å². The lowest BCUT2D eigenvalue weighted by molar-refractivity contribution is -0.181. The number of carbonyl (C=O) groups is 1. The van der Waals surface area contributed by atoms with Crippen LogP contribution in [0.1, 0.15) is 47.4 Å². The summed E-state index contributed by atoms with van der Waals surface area (Å²) in [5.74, 6) is -0.407. The molecule has 0 unspecified atom stereocenters. The van der Waals surface area contributed by atoms with Gasteiger partial charge in [-0.2, -0.15) is 5.10 Å². The van der Waals surface area contributed by atoms with E-state index in [0.717, 1.165) is 49.8 Å². The van der Waals surface area contributed by atoms with Gasteiger partial charge in [0.15, 0.2) is 11.5 Å². The third-order valence-corrected chi connectivity index (χ3v) is 6.01. The van der Waals surface area contributed by atoms with Gasteiger partial charge >= 0.3 is 0 Å². The highest BCUT2D eigenvalue weighted by molar-refractivity contribution is 5.94. The van der Waals surface area contributed by atoms with Crippen LogP contribution in [-0.4, -0.2) is 52.7 Å². The lowest BCUT2D eigenvalue weighted by Gasteiger charge is -2.37. The molecule has 142 valence electrons. The van der Waals surface area contributed by atoms with Crippen molar-refractivity contribution in [3.8, 4) is 5.69 Å². The van der Waals surface area contributed by atoms with E-state index in [9.17, 15) is 4.79 Å². The summed E-state index contributed by atoms with van der Waals surface area (Å²) in [6.07, 6.45) is 5.67. The van der Waals surface area contributed by atoms with E-state index in [-0.39, 0.29) is 5.91 Å². The van der Waals surface area contributed by atoms with Gasteiger partial charge in [-0.3, -0.25) is 4.79 Å². The molecule has 2 fully saturated rings. The van der Waals surface area contributed by atoms with Gasteiger partial charge in [-0.1, -0.05) is 18.2 Å². The average Bonchev–Trinajstić information content (AvgIpc) is 3.34. The summed E-state index contributed by atoms with van der Waals surface area (Å²) in [7, 11) is 0. The molecule has 3 aliphatic rings. The van der Waals surface area contributed by atoms with Crippen molar-refractivity contribution < 1.29 is 14.3 Å². The Morgan fingerprint density at radius 3 is 2.44 bits per heavy atom. The molecule has 1 aliphatic carbocycles. The van der Waals surface area contributed by atoms with Crippen LogP contribution in [0.2, 0.25) is 0 Å². The van der Waals surface area contributed by atoms with Crippen LogP contribution in [0.15, 0.2) is 30.3 Å². The molecule has 0 radical (unpaired) electrons. The quantitative estimate of drug-likeness (QED) is 0.819. The molecule has 5 rings (SSSR count). The number of fused-ring (bicyclic) bond motifs is 1. The second-order valence-electron chi connectivity index (χ2n) is 7.63. The maximum atomic E-state index is 13.3. The third-order valence-electron chi connectivity index (χ3n) is 6.01. The number of hydrogen-bond donors (Lipinski definition) is 0. The first-order valence-corrected chi connectivity index (χ1v) is 9.99. The van der Waals surface area contributed by atoms with Crippen molar-refractivity contribution in [2.45, 2.75) is 44.3 Å². The molecular weight excluding hydrogens is 342 g/mol. The summed E-state index contributed by atoms with van der Waals surface area (Å²) in [4.78, 5) is 15.2. The molecule has 1 amide bonds. The van der Waals surface area contributed by atoms with E-state index in [0.29, 0.717) is 32.0 Å². The first-order valence-electron chi connectivity index (χ1n) is 9.99. The molecule has 2 saturated heterocycles. The SMILES string of the molecule is O=C(c1nn(-c2ccccc2)c2c1CCCC2)N1CCC2(CC1)OCCO2. The molecule has 2 aliphatic heterocycles. The summed E-state index contributed by atoms with van der Waals surface area (Å²) in [5, 5.41) is 4.79. The van der Waals surface area contributed by atoms with Gasteiger partial charge in [-0.15, -0.1) is 0 Å². The van der Waals surface area contributed by atoms with E-state index in [1.807, 2.05) is 27.8 Å². The summed E-state index contributed by atoms with van der Waals surface area (Å²) >= 11 is 0. The summed E-state index contributed by atoms with van der Waals surface area (Å²) in [6, 6.07) is 10.1. The maximum absolute atomic E-state index is 13.3. The molecule has 2 aromatic rings. The number of aromatic nitrogens is 2. The predicted octanol–water partition coefficient (Wildman–Crippen LogP) is 2.73. The predicted molar refractivity (Wildman–Crippen MR) is 100.0 cm³/mol. The largest absolute Gasteiger partial charge is 0.347 e. The van der Waals surface area contributed by atoms with Crippen LogP contribution in [0.25, 0.3) is 5.69 Å². The summed E-state index contributed by atoms with van der Waals surface area (Å²) in [6.45, 7) is 2.63. The number of nitrogens with zero attached hydrogens (tertiary/aromatic N) is 3. The highest BCUT2D eigenvalue weighted by Gasteiger charge is 2.41. The fourth-order valence-electron chi connectivity index (χ4n) is 4.54. The van der Waals surface area contributed by atoms with E-state index in [4.69, 9.17) is 14.6 Å². The van der Waals surface area contributed by atoms with Crippen molar-refractivity contribution in [3.05, 3.63) is 47.3 Å². The van der Waals surface area contributed by atoms with Crippen LogP contribution in [-0.2, 0) is 22.3 Å². The van der Waals surface area contributed by atoms with Crippen molar-refractivity contribution in [2.75, 3.05) is 26.3 Å². The number of hydrogen-bond acceptors (Lipinski definition) is 4. The zero-order valence-corrected chi connectivity index (χ0v) is 15.5. The van der Waals surface area contributed by atoms with Gasteiger partial charge in [-0.05, 0) is 37.8 Å². The number of amides is 1. The Kier molecular flexibility index (Phi) is 4.25. The van der Waals surface area contributed by atoms with E-state index in [1.54, 1.807) is 0 Å². The summed E-state index contributed by atoms with van der Waals surface area (Å²) < 4.78 is 13.6. The topological polar surface area (TPSA) is 56.6 Å². The molecule has 27 heavy (non-hydrogen) atoms. The van der Waals surface area contributed by atoms with Crippen LogP contribution < -0.4 is 0 Å². The number of rotatable bonds is 2. The molecule has 1 spiro atoms. The van der Waals surface area contributed by atoms with Gasteiger partial charge in [-0.25, -0.2) is 4.68 Å². The minimum atomic E-state index is -0.459. The summed E-state index contributed by atoms with van der Waals surface area (Å²) in [5.41, 5.74) is 4.01. The number of carbonyl (C=O) groups excluding carboxylic acids is 1. The molecule has 0 bridgehead atoms. The second kappa shape index (κ2) is 6.77. The van der Waals surface area contributed by atoms with Gasteiger partial charge in [0.05, 0.1) is 18.9 Å². The van der Waals surface area contributed by atoms with E-state index < -0.39 is 5.79 Å². The minimum Gasteiger partial charge on any atom is -0.347 e. The van der Waals surface area contributed by atoms with E-state index in [1.165, 1.54) is 5.69 Å². The highest BCUT2D eigenvalue weighted by atomic mass is 16.7. The fraction of sp³-hybridized carbons (Fsp3) is 0.524. The second-order valence-corrected chi connectivity index (χ2v) is 7.63. The highest BCUT2D eigenvalue weighted by Crippen LogP contribution is 2.33. The van der Waals surface area contributed by atoms with E-state index >= 15 is 0 Å². The normalized spacial score (nSPS) is 21.4. The lowest BCUT2D eigenvalue weighted by atomic mass is 9.94. The zero-order chi connectivity index (χ0) is 18.3. The number of piperidine rings is 1. The van der Waals surface area contributed by atoms with Gasteiger partial charge < -0.3 is 14.4 Å². The van der Waals surface area contributed by atoms with Crippen molar-refractivity contribution in [1.82, 2.24) is 14.7 Å². The number of benzene rings is 1. The first-order chi connectivity index (χ1) is 13.3. The Balaban J connectivity index is 1.43.